The first-order valence-electron chi connectivity index (χ1n) is 11.7. The van der Waals surface area contributed by atoms with Crippen molar-refractivity contribution >= 4 is 5.97 Å². The van der Waals surface area contributed by atoms with Gasteiger partial charge in [-0.1, -0.05) is 6.07 Å². The Morgan fingerprint density at radius 2 is 2.16 bits per heavy atom. The lowest BCUT2D eigenvalue weighted by Crippen LogP contribution is -2.79. The number of hydrogen-bond acceptors (Lipinski definition) is 6. The van der Waals surface area contributed by atoms with Gasteiger partial charge in [0.25, 0.3) is 0 Å². The number of piperidine rings is 1. The third kappa shape index (κ3) is 2.48. The van der Waals surface area contributed by atoms with Crippen molar-refractivity contribution in [2.75, 3.05) is 20.2 Å². The van der Waals surface area contributed by atoms with Crippen molar-refractivity contribution in [3.8, 4) is 11.5 Å². The Morgan fingerprint density at radius 3 is 2.87 bits per heavy atom. The number of benzene rings is 1. The molecule has 1 spiro atoms. The summed E-state index contributed by atoms with van der Waals surface area (Å²) in [6.07, 6.45) is 5.85. The van der Waals surface area contributed by atoms with Crippen LogP contribution in [0.2, 0.25) is 0 Å². The van der Waals surface area contributed by atoms with Gasteiger partial charge in [0.05, 0.1) is 11.0 Å². The van der Waals surface area contributed by atoms with E-state index in [1.807, 2.05) is 7.11 Å². The highest BCUT2D eigenvalue weighted by atomic mass is 16.5. The molecule has 2 unspecified atom stereocenters. The molecule has 0 amide bonds. The Bertz CT molecular complexity index is 933. The molecule has 0 aromatic heterocycles. The fourth-order valence-electron chi connectivity index (χ4n) is 7.43. The molecular weight excluding hydrogens is 396 g/mol. The molecule has 2 saturated carbocycles. The lowest BCUT2D eigenvalue weighted by atomic mass is 9.48. The standard InChI is InChI=1S/C24H32N2O5/c1-13(22(28)29)25-16-7-8-24(30-2)18-11-15-5-6-17(27)20-19(15)23(24,21(16)31-20)9-10-26(18)12-14-3-4-14/h5-6,13-14,16,18,21,25,27H,3-4,7-12H2,1-2H3,(H,28,29)/t13-,16?,18+,21?,23-,24+/m0/s1. The lowest BCUT2D eigenvalue weighted by Gasteiger charge is -2.65. The van der Waals surface area contributed by atoms with Crippen LogP contribution in [-0.4, -0.2) is 71.1 Å². The molecule has 0 radical (unpaired) electrons. The van der Waals surface area contributed by atoms with Crippen LogP contribution in [0, 0.1) is 5.92 Å². The first-order valence-corrected chi connectivity index (χ1v) is 11.7. The fraction of sp³-hybridized carbons (Fsp3) is 0.708. The van der Waals surface area contributed by atoms with Gasteiger partial charge in [0, 0.05) is 31.3 Å². The third-order valence-electron chi connectivity index (χ3n) is 8.92. The minimum atomic E-state index is -0.860. The maximum absolute atomic E-state index is 11.6. The van der Waals surface area contributed by atoms with Crippen molar-refractivity contribution in [2.24, 2.45) is 5.92 Å². The smallest absolute Gasteiger partial charge is 0.320 e. The number of hydrogen-bond donors (Lipinski definition) is 3. The van der Waals surface area contributed by atoms with Gasteiger partial charge in [0.2, 0.25) is 0 Å². The number of nitrogens with zero attached hydrogens (tertiary/aromatic N) is 1. The van der Waals surface area contributed by atoms with Crippen molar-refractivity contribution < 1.29 is 24.5 Å². The number of phenolic OH excluding ortho intramolecular Hbond substituents is 1. The van der Waals surface area contributed by atoms with Crippen molar-refractivity contribution in [1.29, 1.82) is 0 Å². The number of carboxylic acids is 1. The minimum Gasteiger partial charge on any atom is -0.504 e. The number of phenols is 1. The van der Waals surface area contributed by atoms with Crippen molar-refractivity contribution in [3.05, 3.63) is 23.3 Å². The SMILES string of the molecule is CO[C@@]12CCC(N[C@@H](C)C(=O)O)C3Oc4c(O)ccc5c4[C@@]31CCN(CC1CC1)[C@@H]2C5. The average Bonchev–Trinajstić information content (AvgIpc) is 3.50. The highest BCUT2D eigenvalue weighted by Gasteiger charge is 2.73. The van der Waals surface area contributed by atoms with E-state index >= 15 is 0 Å². The number of methoxy groups -OCH3 is 1. The van der Waals surface area contributed by atoms with Crippen LogP contribution in [-0.2, 0) is 21.4 Å². The van der Waals surface area contributed by atoms with E-state index in [-0.39, 0.29) is 35.0 Å². The number of rotatable bonds is 6. The van der Waals surface area contributed by atoms with E-state index in [0.29, 0.717) is 5.75 Å². The molecule has 1 aromatic carbocycles. The van der Waals surface area contributed by atoms with Crippen LogP contribution in [0.15, 0.2) is 12.1 Å². The van der Waals surface area contributed by atoms with Crippen LogP contribution in [0.3, 0.4) is 0 Å². The largest absolute Gasteiger partial charge is 0.504 e. The molecule has 7 nitrogen and oxygen atoms in total. The average molecular weight is 429 g/mol. The van der Waals surface area contributed by atoms with Gasteiger partial charge in [-0.25, -0.2) is 0 Å². The summed E-state index contributed by atoms with van der Waals surface area (Å²) < 4.78 is 13.1. The van der Waals surface area contributed by atoms with Gasteiger partial charge in [0.15, 0.2) is 11.5 Å². The maximum Gasteiger partial charge on any atom is 0.320 e. The Kier molecular flexibility index (Phi) is 4.22. The number of carboxylic acid groups (broad SMARTS) is 1. The maximum atomic E-state index is 11.6. The molecule has 3 N–H and O–H groups in total. The van der Waals surface area contributed by atoms with E-state index in [4.69, 9.17) is 9.47 Å². The summed E-state index contributed by atoms with van der Waals surface area (Å²) in [4.78, 5) is 14.2. The zero-order chi connectivity index (χ0) is 21.5. The predicted molar refractivity (Wildman–Crippen MR) is 114 cm³/mol. The van der Waals surface area contributed by atoms with Crippen LogP contribution in [0.4, 0.5) is 0 Å². The Morgan fingerprint density at radius 1 is 1.35 bits per heavy atom. The fourth-order valence-corrected chi connectivity index (χ4v) is 7.43. The highest BCUT2D eigenvalue weighted by molar-refractivity contribution is 5.73. The molecule has 2 heterocycles. The molecule has 2 aliphatic heterocycles. The number of nitrogens with one attached hydrogen (secondary N) is 1. The molecule has 168 valence electrons. The second-order valence-corrected chi connectivity index (χ2v) is 10.3. The topological polar surface area (TPSA) is 91.3 Å². The molecule has 6 rings (SSSR count). The van der Waals surface area contributed by atoms with Crippen molar-refractivity contribution in [1.82, 2.24) is 10.2 Å². The van der Waals surface area contributed by atoms with Crippen LogP contribution < -0.4 is 10.1 Å². The monoisotopic (exact) mass is 428 g/mol. The highest BCUT2D eigenvalue weighted by Crippen LogP contribution is 2.66. The number of aromatic hydroxyl groups is 1. The van der Waals surface area contributed by atoms with E-state index in [1.165, 1.54) is 18.4 Å². The first-order chi connectivity index (χ1) is 14.9. The predicted octanol–water partition coefficient (Wildman–Crippen LogP) is 2.04. The zero-order valence-corrected chi connectivity index (χ0v) is 18.3. The second-order valence-electron chi connectivity index (χ2n) is 10.3. The van der Waals surface area contributed by atoms with Gasteiger partial charge in [-0.15, -0.1) is 0 Å². The zero-order valence-electron chi connectivity index (χ0n) is 18.3. The van der Waals surface area contributed by atoms with E-state index in [2.05, 4.69) is 16.3 Å². The van der Waals surface area contributed by atoms with Crippen LogP contribution >= 0.6 is 0 Å². The van der Waals surface area contributed by atoms with E-state index in [1.54, 1.807) is 13.0 Å². The Balaban J connectivity index is 1.49. The molecule has 5 aliphatic rings. The third-order valence-corrected chi connectivity index (χ3v) is 8.92. The summed E-state index contributed by atoms with van der Waals surface area (Å²) in [6, 6.07) is 3.32. The molecule has 7 heteroatoms. The Labute approximate surface area is 182 Å². The minimum absolute atomic E-state index is 0.109. The van der Waals surface area contributed by atoms with Gasteiger partial charge < -0.3 is 19.7 Å². The van der Waals surface area contributed by atoms with Crippen molar-refractivity contribution in [3.63, 3.8) is 0 Å². The van der Waals surface area contributed by atoms with E-state index in [9.17, 15) is 15.0 Å². The molecule has 6 atom stereocenters. The van der Waals surface area contributed by atoms with Crippen molar-refractivity contribution in [2.45, 2.75) is 80.7 Å². The molecular formula is C24H32N2O5. The summed E-state index contributed by atoms with van der Waals surface area (Å²) in [5.74, 6) is 0.719. The van der Waals surface area contributed by atoms with Crippen LogP contribution in [0.25, 0.3) is 0 Å². The summed E-state index contributed by atoms with van der Waals surface area (Å²) in [5, 5.41) is 23.5. The quantitative estimate of drug-likeness (QED) is 0.639. The van der Waals surface area contributed by atoms with Crippen LogP contribution in [0.5, 0.6) is 11.5 Å². The summed E-state index contributed by atoms with van der Waals surface area (Å²) in [6.45, 7) is 3.81. The number of carbonyl (C=O) groups is 1. The summed E-state index contributed by atoms with van der Waals surface area (Å²) in [7, 11) is 1.84. The van der Waals surface area contributed by atoms with Gasteiger partial charge >= 0.3 is 5.97 Å². The Hall–Kier alpha value is -1.83. The van der Waals surface area contributed by atoms with Gasteiger partial charge in [-0.2, -0.15) is 0 Å². The van der Waals surface area contributed by atoms with Crippen LogP contribution in [0.1, 0.15) is 50.2 Å². The molecule has 2 bridgehead atoms. The number of ether oxygens (including phenoxy) is 2. The summed E-state index contributed by atoms with van der Waals surface area (Å²) >= 11 is 0. The molecule has 1 saturated heterocycles. The van der Waals surface area contributed by atoms with Gasteiger partial charge in [-0.3, -0.25) is 15.0 Å². The number of likely N-dealkylation sites (tertiary alicyclic amines) is 1. The molecule has 31 heavy (non-hydrogen) atoms. The molecule has 3 aliphatic carbocycles. The second kappa shape index (κ2) is 6.59. The number of aliphatic carboxylic acids is 1. The van der Waals surface area contributed by atoms with Gasteiger partial charge in [-0.05, 0) is 69.5 Å². The van der Waals surface area contributed by atoms with Gasteiger partial charge in [0.1, 0.15) is 12.1 Å². The lowest BCUT2D eigenvalue weighted by molar-refractivity contribution is -0.208. The molecule has 1 aromatic rings. The first kappa shape index (κ1) is 19.8. The van der Waals surface area contributed by atoms with E-state index < -0.39 is 12.0 Å². The summed E-state index contributed by atoms with van der Waals surface area (Å²) in [5.41, 5.74) is 1.61. The van der Waals surface area contributed by atoms with E-state index in [0.717, 1.165) is 50.3 Å². The molecule has 3 fully saturated rings. The normalized spacial score (nSPS) is 39.0.